The molecule has 2 aliphatic rings. The molecule has 0 bridgehead atoms. The molecule has 160 valence electrons. The number of amides is 2. The highest BCUT2D eigenvalue weighted by molar-refractivity contribution is 5.80. The average Bonchev–Trinajstić information content (AvgIpc) is 2.61. The molecule has 0 aromatic heterocycles. The van der Waals surface area contributed by atoms with Gasteiger partial charge < -0.3 is 25.6 Å². The van der Waals surface area contributed by atoms with Crippen LogP contribution in [0.1, 0.15) is 59.3 Å². The smallest absolute Gasteiger partial charge is 0.410 e. The molecular formula is C20H37N5O3. The van der Waals surface area contributed by atoms with Crippen molar-refractivity contribution in [1.82, 2.24) is 15.1 Å². The van der Waals surface area contributed by atoms with E-state index in [2.05, 4.69) is 15.2 Å². The fraction of sp³-hybridized carbons (Fsp3) is 0.850. The van der Waals surface area contributed by atoms with E-state index in [1.165, 1.54) is 0 Å². The third-order valence-corrected chi connectivity index (χ3v) is 5.27. The highest BCUT2D eigenvalue weighted by Gasteiger charge is 2.31. The maximum Gasteiger partial charge on any atom is 0.410 e. The van der Waals surface area contributed by atoms with Gasteiger partial charge in [-0.1, -0.05) is 0 Å². The average molecular weight is 396 g/mol. The van der Waals surface area contributed by atoms with Gasteiger partial charge in [-0.05, 0) is 58.8 Å². The molecule has 3 N–H and O–H groups in total. The number of carbonyl (C=O) groups is 2. The van der Waals surface area contributed by atoms with Crippen LogP contribution in [-0.4, -0.2) is 72.6 Å². The van der Waals surface area contributed by atoms with Gasteiger partial charge in [-0.3, -0.25) is 9.79 Å². The molecule has 2 heterocycles. The van der Waals surface area contributed by atoms with E-state index in [0.29, 0.717) is 13.0 Å². The van der Waals surface area contributed by atoms with Crippen LogP contribution in [0.3, 0.4) is 0 Å². The molecule has 0 aromatic rings. The van der Waals surface area contributed by atoms with Crippen LogP contribution in [0.25, 0.3) is 0 Å². The monoisotopic (exact) mass is 395 g/mol. The third kappa shape index (κ3) is 6.87. The van der Waals surface area contributed by atoms with E-state index in [0.717, 1.165) is 57.7 Å². The Labute approximate surface area is 168 Å². The van der Waals surface area contributed by atoms with Crippen molar-refractivity contribution >= 4 is 18.0 Å². The minimum absolute atomic E-state index is 0.0894. The number of piperidine rings is 2. The van der Waals surface area contributed by atoms with Gasteiger partial charge in [0, 0.05) is 39.6 Å². The van der Waals surface area contributed by atoms with Crippen LogP contribution in [-0.2, 0) is 9.53 Å². The molecule has 2 rings (SSSR count). The number of carbonyl (C=O) groups excluding carboxylic acids is 2. The van der Waals surface area contributed by atoms with Crippen LogP contribution in [0.15, 0.2) is 4.99 Å². The Morgan fingerprint density at radius 2 is 1.93 bits per heavy atom. The summed E-state index contributed by atoms with van der Waals surface area (Å²) in [6.07, 6.45) is 5.28. The summed E-state index contributed by atoms with van der Waals surface area (Å²) >= 11 is 0. The van der Waals surface area contributed by atoms with E-state index in [1.807, 2.05) is 25.7 Å². The summed E-state index contributed by atoms with van der Waals surface area (Å²) in [7, 11) is 1.77. The van der Waals surface area contributed by atoms with E-state index in [4.69, 9.17) is 10.5 Å². The molecule has 2 saturated heterocycles. The van der Waals surface area contributed by atoms with Crippen molar-refractivity contribution in [2.24, 2.45) is 16.6 Å². The standard InChI is InChI=1S/C20H37N5O3/c1-20(2,3)28-19(27)25-11-6-5-9-16(25)13-23-18(22-4)24-10-7-8-15(14-24)12-17(21)26/h15-16H,5-14H2,1-4H3,(H2,21,26)(H,22,23). The molecular weight excluding hydrogens is 358 g/mol. The quantitative estimate of drug-likeness (QED) is 0.560. The molecule has 2 aliphatic heterocycles. The molecule has 8 nitrogen and oxygen atoms in total. The maximum atomic E-state index is 12.6. The number of nitrogens with zero attached hydrogens (tertiary/aromatic N) is 3. The van der Waals surface area contributed by atoms with Gasteiger partial charge in [-0.15, -0.1) is 0 Å². The van der Waals surface area contributed by atoms with E-state index >= 15 is 0 Å². The molecule has 2 fully saturated rings. The van der Waals surface area contributed by atoms with E-state index in [-0.39, 0.29) is 24.0 Å². The fourth-order valence-corrected chi connectivity index (χ4v) is 4.02. The first kappa shape index (κ1) is 22.3. The number of nitrogens with two attached hydrogens (primary N) is 1. The number of ether oxygens (including phenoxy) is 1. The first-order valence-electron chi connectivity index (χ1n) is 10.4. The van der Waals surface area contributed by atoms with Gasteiger partial charge in [0.15, 0.2) is 5.96 Å². The lowest BCUT2D eigenvalue weighted by Crippen LogP contribution is -2.54. The number of rotatable bonds is 4. The summed E-state index contributed by atoms with van der Waals surface area (Å²) in [5.41, 5.74) is 4.87. The van der Waals surface area contributed by atoms with Crippen molar-refractivity contribution in [3.63, 3.8) is 0 Å². The number of nitrogens with one attached hydrogen (secondary N) is 1. The highest BCUT2D eigenvalue weighted by atomic mass is 16.6. The Morgan fingerprint density at radius 1 is 1.18 bits per heavy atom. The van der Waals surface area contributed by atoms with Gasteiger partial charge in [-0.25, -0.2) is 4.79 Å². The summed E-state index contributed by atoms with van der Waals surface area (Å²) in [6, 6.07) is 0.0894. The largest absolute Gasteiger partial charge is 0.444 e. The predicted molar refractivity (Wildman–Crippen MR) is 110 cm³/mol. The number of guanidine groups is 1. The fourth-order valence-electron chi connectivity index (χ4n) is 4.02. The van der Waals surface area contributed by atoms with Crippen LogP contribution in [0.4, 0.5) is 4.79 Å². The number of likely N-dealkylation sites (tertiary alicyclic amines) is 2. The van der Waals surface area contributed by atoms with Crippen LogP contribution in [0.2, 0.25) is 0 Å². The Morgan fingerprint density at radius 3 is 2.57 bits per heavy atom. The Balaban J connectivity index is 1.93. The Bertz CT molecular complexity index is 573. The highest BCUT2D eigenvalue weighted by Crippen LogP contribution is 2.21. The second kappa shape index (κ2) is 9.98. The molecule has 28 heavy (non-hydrogen) atoms. The number of aliphatic imine (C=N–C) groups is 1. The zero-order chi connectivity index (χ0) is 20.7. The number of hydrogen-bond donors (Lipinski definition) is 2. The van der Waals surface area contributed by atoms with Crippen molar-refractivity contribution < 1.29 is 14.3 Å². The molecule has 2 amide bonds. The molecule has 0 saturated carbocycles. The maximum absolute atomic E-state index is 12.6. The van der Waals surface area contributed by atoms with Gasteiger partial charge >= 0.3 is 6.09 Å². The first-order chi connectivity index (χ1) is 13.2. The molecule has 2 unspecified atom stereocenters. The molecule has 8 heteroatoms. The van der Waals surface area contributed by atoms with E-state index < -0.39 is 5.60 Å². The van der Waals surface area contributed by atoms with Gasteiger partial charge in [0.05, 0.1) is 6.04 Å². The minimum atomic E-state index is -0.494. The van der Waals surface area contributed by atoms with Gasteiger partial charge in [0.1, 0.15) is 5.60 Å². The summed E-state index contributed by atoms with van der Waals surface area (Å²) in [6.45, 7) is 8.74. The first-order valence-corrected chi connectivity index (χ1v) is 10.4. The topological polar surface area (TPSA) is 100 Å². The molecule has 2 atom stereocenters. The summed E-state index contributed by atoms with van der Waals surface area (Å²) in [5.74, 6) is 0.853. The second-order valence-electron chi connectivity index (χ2n) is 8.88. The lowest BCUT2D eigenvalue weighted by molar-refractivity contribution is -0.119. The van der Waals surface area contributed by atoms with Crippen LogP contribution in [0, 0.1) is 5.92 Å². The zero-order valence-corrected chi connectivity index (χ0v) is 17.9. The number of hydrogen-bond acceptors (Lipinski definition) is 4. The second-order valence-corrected chi connectivity index (χ2v) is 8.88. The number of primary amides is 1. The minimum Gasteiger partial charge on any atom is -0.444 e. The molecule has 0 aromatic carbocycles. The molecule has 0 aliphatic carbocycles. The summed E-state index contributed by atoms with van der Waals surface area (Å²) < 4.78 is 5.58. The normalized spacial score (nSPS) is 24.1. The van der Waals surface area contributed by atoms with Crippen molar-refractivity contribution in [1.29, 1.82) is 0 Å². The van der Waals surface area contributed by atoms with Crippen LogP contribution >= 0.6 is 0 Å². The third-order valence-electron chi connectivity index (χ3n) is 5.27. The van der Waals surface area contributed by atoms with Gasteiger partial charge in [-0.2, -0.15) is 0 Å². The Hall–Kier alpha value is -1.99. The van der Waals surface area contributed by atoms with Crippen molar-refractivity contribution in [2.75, 3.05) is 33.2 Å². The lowest BCUT2D eigenvalue weighted by atomic mass is 9.95. The van der Waals surface area contributed by atoms with Crippen LogP contribution in [0.5, 0.6) is 0 Å². The summed E-state index contributed by atoms with van der Waals surface area (Å²) in [4.78, 5) is 32.3. The Kier molecular flexibility index (Phi) is 7.95. The van der Waals surface area contributed by atoms with E-state index in [1.54, 1.807) is 7.05 Å². The lowest BCUT2D eigenvalue weighted by Gasteiger charge is -2.38. The molecule has 0 radical (unpaired) electrons. The van der Waals surface area contributed by atoms with E-state index in [9.17, 15) is 9.59 Å². The van der Waals surface area contributed by atoms with Crippen molar-refractivity contribution in [3.8, 4) is 0 Å². The van der Waals surface area contributed by atoms with Crippen molar-refractivity contribution in [2.45, 2.75) is 70.9 Å². The van der Waals surface area contributed by atoms with Gasteiger partial charge in [0.25, 0.3) is 0 Å². The van der Waals surface area contributed by atoms with Crippen LogP contribution < -0.4 is 11.1 Å². The van der Waals surface area contributed by atoms with Crippen molar-refractivity contribution in [3.05, 3.63) is 0 Å². The molecule has 0 spiro atoms. The predicted octanol–water partition coefficient (Wildman–Crippen LogP) is 1.94. The summed E-state index contributed by atoms with van der Waals surface area (Å²) in [5, 5.41) is 3.44. The SMILES string of the molecule is CN=C(NCC1CCCCN1C(=O)OC(C)(C)C)N1CCCC(CC(N)=O)C1. The zero-order valence-electron chi connectivity index (χ0n) is 17.9. The van der Waals surface area contributed by atoms with Gasteiger partial charge in [0.2, 0.25) is 5.91 Å².